The number of nitrogens with one attached hydrogen (secondary N) is 2. The van der Waals surface area contributed by atoms with Crippen molar-refractivity contribution in [2.24, 2.45) is 0 Å². The molecule has 2 unspecified atom stereocenters. The fourth-order valence-electron chi connectivity index (χ4n) is 4.15. The van der Waals surface area contributed by atoms with Gasteiger partial charge in [0, 0.05) is 11.1 Å². The van der Waals surface area contributed by atoms with Crippen LogP contribution < -0.4 is 10.9 Å². The fourth-order valence-corrected chi connectivity index (χ4v) is 4.15. The summed E-state index contributed by atoms with van der Waals surface area (Å²) < 4.78 is 0. The van der Waals surface area contributed by atoms with Crippen molar-refractivity contribution in [1.82, 2.24) is 10.2 Å². The number of hydrogen-bond donors (Lipinski definition) is 2. The molecular formula is C22H19N3O. The molecule has 0 saturated carbocycles. The molecule has 0 fully saturated rings. The maximum absolute atomic E-state index is 12.3. The molecule has 0 spiro atoms. The first-order valence-corrected chi connectivity index (χ1v) is 9.02. The minimum Gasteiger partial charge on any atom is -0.377 e. The van der Waals surface area contributed by atoms with Crippen LogP contribution in [0.5, 0.6) is 0 Å². The molecule has 2 aromatic carbocycles. The van der Waals surface area contributed by atoms with E-state index >= 15 is 0 Å². The number of H-pyrrole nitrogens is 1. The molecule has 0 bridgehead atoms. The van der Waals surface area contributed by atoms with Crippen LogP contribution in [0.1, 0.15) is 30.0 Å². The monoisotopic (exact) mass is 341 g/mol. The quantitative estimate of drug-likeness (QED) is 0.737. The van der Waals surface area contributed by atoms with Gasteiger partial charge in [0.1, 0.15) is 0 Å². The minimum atomic E-state index is -0.144. The van der Waals surface area contributed by atoms with Gasteiger partial charge in [-0.1, -0.05) is 54.6 Å². The van der Waals surface area contributed by atoms with E-state index in [0.29, 0.717) is 5.39 Å². The number of anilines is 1. The van der Waals surface area contributed by atoms with E-state index in [1.165, 1.54) is 11.1 Å². The molecule has 1 aromatic heterocycles. The highest BCUT2D eigenvalue weighted by Gasteiger charge is 2.35. The van der Waals surface area contributed by atoms with E-state index in [9.17, 15) is 4.79 Å². The molecular weight excluding hydrogens is 322 g/mol. The maximum Gasteiger partial charge on any atom is 0.272 e. The zero-order chi connectivity index (χ0) is 17.5. The Labute approximate surface area is 151 Å². The van der Waals surface area contributed by atoms with Gasteiger partial charge in [0.2, 0.25) is 0 Å². The average molecular weight is 341 g/mol. The Morgan fingerprint density at radius 3 is 2.69 bits per heavy atom. The van der Waals surface area contributed by atoms with E-state index in [2.05, 4.69) is 58.0 Å². The maximum atomic E-state index is 12.3. The van der Waals surface area contributed by atoms with E-state index in [4.69, 9.17) is 0 Å². The zero-order valence-electron chi connectivity index (χ0n) is 14.3. The second-order valence-electron chi connectivity index (χ2n) is 6.86. The predicted molar refractivity (Wildman–Crippen MR) is 105 cm³/mol. The van der Waals surface area contributed by atoms with Gasteiger partial charge in [-0.2, -0.15) is 5.10 Å². The Morgan fingerprint density at radius 1 is 1.00 bits per heavy atom. The third kappa shape index (κ3) is 2.30. The Bertz CT molecular complexity index is 1100. The summed E-state index contributed by atoms with van der Waals surface area (Å²) in [5, 5.41) is 12.5. The Kier molecular flexibility index (Phi) is 3.49. The molecule has 2 aliphatic rings. The number of aromatic nitrogens is 2. The van der Waals surface area contributed by atoms with Gasteiger partial charge in [-0.25, -0.2) is 5.10 Å². The van der Waals surface area contributed by atoms with E-state index in [0.717, 1.165) is 29.6 Å². The van der Waals surface area contributed by atoms with Crippen molar-refractivity contribution in [1.29, 1.82) is 0 Å². The molecule has 4 nitrogen and oxygen atoms in total. The lowest BCUT2D eigenvalue weighted by Crippen LogP contribution is -2.35. The molecule has 1 aliphatic carbocycles. The SMILES string of the molecule is O=c1[nH]nc2c3c(cccc13)NC(C1=CCCC=C1)C2c1ccccc1. The number of hydrogen-bond acceptors (Lipinski definition) is 3. The summed E-state index contributed by atoms with van der Waals surface area (Å²) in [5.74, 6) is 0.0412. The van der Waals surface area contributed by atoms with Crippen molar-refractivity contribution in [3.05, 3.63) is 93.9 Å². The van der Waals surface area contributed by atoms with Gasteiger partial charge in [0.15, 0.2) is 0 Å². The van der Waals surface area contributed by atoms with Gasteiger partial charge in [0.25, 0.3) is 5.56 Å². The van der Waals surface area contributed by atoms with Crippen LogP contribution in [0.4, 0.5) is 5.69 Å². The first kappa shape index (κ1) is 15.1. The van der Waals surface area contributed by atoms with Crippen LogP contribution in [0.3, 0.4) is 0 Å². The lowest BCUT2D eigenvalue weighted by molar-refractivity contribution is 0.673. The van der Waals surface area contributed by atoms with Crippen LogP contribution in [0, 0.1) is 0 Å². The van der Waals surface area contributed by atoms with Crippen LogP contribution in [0.2, 0.25) is 0 Å². The minimum absolute atomic E-state index is 0.0412. The normalized spacial score (nSPS) is 21.3. The highest BCUT2D eigenvalue weighted by Crippen LogP contribution is 2.42. The number of nitrogens with zero attached hydrogens (tertiary/aromatic N) is 1. The van der Waals surface area contributed by atoms with Crippen molar-refractivity contribution in [3.63, 3.8) is 0 Å². The highest BCUT2D eigenvalue weighted by atomic mass is 16.1. The van der Waals surface area contributed by atoms with Crippen molar-refractivity contribution in [2.45, 2.75) is 24.8 Å². The Morgan fingerprint density at radius 2 is 1.88 bits per heavy atom. The van der Waals surface area contributed by atoms with Crippen molar-refractivity contribution in [3.8, 4) is 0 Å². The van der Waals surface area contributed by atoms with Crippen molar-refractivity contribution >= 4 is 16.5 Å². The summed E-state index contributed by atoms with van der Waals surface area (Å²) in [6.07, 6.45) is 8.90. The Balaban J connectivity index is 1.79. The molecule has 128 valence electrons. The predicted octanol–water partition coefficient (Wildman–Crippen LogP) is 4.13. The third-order valence-corrected chi connectivity index (χ3v) is 5.32. The molecule has 2 atom stereocenters. The number of benzene rings is 2. The topological polar surface area (TPSA) is 57.8 Å². The summed E-state index contributed by atoms with van der Waals surface area (Å²) in [6.45, 7) is 0. The molecule has 5 rings (SSSR count). The summed E-state index contributed by atoms with van der Waals surface area (Å²) in [4.78, 5) is 12.3. The highest BCUT2D eigenvalue weighted by molar-refractivity contribution is 5.97. The van der Waals surface area contributed by atoms with E-state index in [-0.39, 0.29) is 17.5 Å². The van der Waals surface area contributed by atoms with Gasteiger partial charge in [-0.15, -0.1) is 0 Å². The first-order valence-electron chi connectivity index (χ1n) is 9.02. The van der Waals surface area contributed by atoms with Gasteiger partial charge < -0.3 is 5.32 Å². The molecule has 3 aromatic rings. The lowest BCUT2D eigenvalue weighted by atomic mass is 9.79. The van der Waals surface area contributed by atoms with Crippen LogP contribution in [-0.4, -0.2) is 16.2 Å². The van der Waals surface area contributed by atoms with Crippen LogP contribution >= 0.6 is 0 Å². The molecule has 0 amide bonds. The summed E-state index contributed by atoms with van der Waals surface area (Å²) >= 11 is 0. The smallest absolute Gasteiger partial charge is 0.272 e. The second kappa shape index (κ2) is 5.99. The van der Waals surface area contributed by atoms with E-state index in [1.54, 1.807) is 0 Å². The standard InChI is InChI=1S/C22H19N3O/c26-22-16-12-7-13-17-19(16)21(24-25-22)18(14-8-3-1-4-9-14)20(23-17)15-10-5-2-6-11-15/h1,3-5,7-13,18,20,23H,2,6H2,(H,25,26). The van der Waals surface area contributed by atoms with E-state index < -0.39 is 0 Å². The lowest BCUT2D eigenvalue weighted by Gasteiger charge is -2.35. The molecule has 0 radical (unpaired) electrons. The molecule has 26 heavy (non-hydrogen) atoms. The summed E-state index contributed by atoms with van der Waals surface area (Å²) in [5.41, 5.74) is 4.24. The fraction of sp³-hybridized carbons (Fsp3) is 0.182. The Hall–Kier alpha value is -3.14. The van der Waals surface area contributed by atoms with E-state index in [1.807, 2.05) is 24.3 Å². The number of aromatic amines is 1. The zero-order valence-corrected chi connectivity index (χ0v) is 14.3. The first-order chi connectivity index (χ1) is 12.8. The largest absolute Gasteiger partial charge is 0.377 e. The number of rotatable bonds is 2. The van der Waals surface area contributed by atoms with Gasteiger partial charge in [-0.05, 0) is 36.1 Å². The molecule has 0 saturated heterocycles. The summed E-state index contributed by atoms with van der Waals surface area (Å²) in [6, 6.07) is 16.3. The summed E-state index contributed by atoms with van der Waals surface area (Å²) in [7, 11) is 0. The number of allylic oxidation sites excluding steroid dienone is 2. The van der Waals surface area contributed by atoms with Crippen LogP contribution in [0.25, 0.3) is 10.8 Å². The van der Waals surface area contributed by atoms with Gasteiger partial charge in [0.05, 0.1) is 23.0 Å². The average Bonchev–Trinajstić information content (AvgIpc) is 2.71. The molecule has 2 N–H and O–H groups in total. The van der Waals surface area contributed by atoms with Crippen molar-refractivity contribution < 1.29 is 0 Å². The van der Waals surface area contributed by atoms with Gasteiger partial charge in [-0.3, -0.25) is 4.79 Å². The second-order valence-corrected chi connectivity index (χ2v) is 6.86. The third-order valence-electron chi connectivity index (χ3n) is 5.32. The molecule has 2 heterocycles. The van der Waals surface area contributed by atoms with Gasteiger partial charge >= 0.3 is 0 Å². The van der Waals surface area contributed by atoms with Crippen LogP contribution in [-0.2, 0) is 0 Å². The molecule has 1 aliphatic heterocycles. The van der Waals surface area contributed by atoms with Crippen LogP contribution in [0.15, 0.2) is 77.1 Å². The van der Waals surface area contributed by atoms with Crippen molar-refractivity contribution in [2.75, 3.05) is 5.32 Å². The molecule has 4 heteroatoms.